The van der Waals surface area contributed by atoms with E-state index in [1.807, 2.05) is 6.92 Å². The Morgan fingerprint density at radius 3 is 2.81 bits per heavy atom. The van der Waals surface area contributed by atoms with Crippen molar-refractivity contribution < 1.29 is 17.9 Å². The fourth-order valence-electron chi connectivity index (χ4n) is 1.31. The molecule has 0 saturated carbocycles. The Bertz CT molecular complexity index is 324. The van der Waals surface area contributed by atoms with Crippen LogP contribution in [0.25, 0.3) is 0 Å². The van der Waals surface area contributed by atoms with Crippen LogP contribution in [0.2, 0.25) is 0 Å². The highest BCUT2D eigenvalue weighted by Crippen LogP contribution is 2.18. The molecule has 1 aromatic heterocycles. The molecule has 0 spiro atoms. The van der Waals surface area contributed by atoms with E-state index in [4.69, 9.17) is 4.74 Å². The zero-order chi connectivity index (χ0) is 12.2. The predicted octanol–water partition coefficient (Wildman–Crippen LogP) is 2.06. The molecule has 0 aliphatic rings. The summed E-state index contributed by atoms with van der Waals surface area (Å²) in [5.74, 6) is 0.196. The lowest BCUT2D eigenvalue weighted by Gasteiger charge is -2.16. The van der Waals surface area contributed by atoms with Gasteiger partial charge in [0, 0.05) is 19.5 Å². The Morgan fingerprint density at radius 1 is 1.56 bits per heavy atom. The van der Waals surface area contributed by atoms with Gasteiger partial charge in [-0.05, 0) is 6.92 Å². The highest BCUT2D eigenvalue weighted by atomic mass is 19.4. The van der Waals surface area contributed by atoms with Crippen LogP contribution >= 0.6 is 0 Å². The minimum atomic E-state index is -4.25. The first-order valence-electron chi connectivity index (χ1n) is 4.76. The van der Waals surface area contributed by atoms with Crippen molar-refractivity contribution in [2.24, 2.45) is 0 Å². The lowest BCUT2D eigenvalue weighted by molar-refractivity contribution is -0.115. The molecule has 0 saturated heterocycles. The molecule has 4 nitrogen and oxygen atoms in total. The highest BCUT2D eigenvalue weighted by molar-refractivity contribution is 5.26. The van der Waals surface area contributed by atoms with Crippen molar-refractivity contribution >= 4 is 5.95 Å². The first kappa shape index (κ1) is 12.8. The fourth-order valence-corrected chi connectivity index (χ4v) is 1.31. The van der Waals surface area contributed by atoms with Crippen LogP contribution in [0.4, 0.5) is 19.1 Å². The maximum Gasteiger partial charge on any atom is 0.405 e. The van der Waals surface area contributed by atoms with Crippen molar-refractivity contribution in [2.75, 3.05) is 25.6 Å². The number of hydrogen-bond acceptors (Lipinski definition) is 3. The maximum atomic E-state index is 12.0. The van der Waals surface area contributed by atoms with Crippen molar-refractivity contribution in [1.29, 1.82) is 0 Å². The number of anilines is 1. The second-order valence-electron chi connectivity index (χ2n) is 3.43. The van der Waals surface area contributed by atoms with E-state index in [0.29, 0.717) is 6.61 Å². The molecular formula is C9H14F3N3O. The van der Waals surface area contributed by atoms with Gasteiger partial charge < -0.3 is 14.6 Å². The van der Waals surface area contributed by atoms with E-state index in [2.05, 4.69) is 10.3 Å². The Kier molecular flexibility index (Phi) is 4.17. The topological polar surface area (TPSA) is 39.1 Å². The minimum absolute atomic E-state index is 0.0665. The van der Waals surface area contributed by atoms with Crippen molar-refractivity contribution in [1.82, 2.24) is 9.55 Å². The maximum absolute atomic E-state index is 12.0. The summed E-state index contributed by atoms with van der Waals surface area (Å²) in [4.78, 5) is 3.82. The third-order valence-electron chi connectivity index (χ3n) is 2.00. The average Bonchev–Trinajstić information content (AvgIpc) is 2.61. The van der Waals surface area contributed by atoms with Crippen LogP contribution in [-0.2, 0) is 4.74 Å². The Balaban J connectivity index is 2.63. The van der Waals surface area contributed by atoms with Gasteiger partial charge in [-0.2, -0.15) is 13.2 Å². The van der Waals surface area contributed by atoms with Crippen molar-refractivity contribution in [3.05, 3.63) is 12.4 Å². The van der Waals surface area contributed by atoms with Gasteiger partial charge in [0.05, 0.1) is 12.6 Å². The van der Waals surface area contributed by atoms with E-state index in [1.165, 1.54) is 13.3 Å². The van der Waals surface area contributed by atoms with Gasteiger partial charge in [-0.1, -0.05) is 0 Å². The first-order chi connectivity index (χ1) is 7.44. The van der Waals surface area contributed by atoms with Crippen molar-refractivity contribution in [3.8, 4) is 0 Å². The normalized spacial score (nSPS) is 13.8. The Labute approximate surface area is 91.4 Å². The molecule has 1 aromatic rings. The smallest absolute Gasteiger partial charge is 0.383 e. The van der Waals surface area contributed by atoms with E-state index in [0.717, 1.165) is 0 Å². The number of nitrogens with one attached hydrogen (secondary N) is 1. The summed E-state index contributed by atoms with van der Waals surface area (Å²) in [5, 5.41) is 2.24. The van der Waals surface area contributed by atoms with Gasteiger partial charge in [0.2, 0.25) is 5.95 Å². The van der Waals surface area contributed by atoms with Crippen LogP contribution in [-0.4, -0.2) is 36.0 Å². The number of aromatic nitrogens is 2. The van der Waals surface area contributed by atoms with E-state index in [-0.39, 0.29) is 12.0 Å². The molecule has 0 radical (unpaired) electrons. The van der Waals surface area contributed by atoms with E-state index >= 15 is 0 Å². The number of hydrogen-bond donors (Lipinski definition) is 1. The van der Waals surface area contributed by atoms with Gasteiger partial charge >= 0.3 is 6.18 Å². The van der Waals surface area contributed by atoms with Crippen LogP contribution in [0.1, 0.15) is 13.0 Å². The molecule has 0 aromatic carbocycles. The summed E-state index contributed by atoms with van der Waals surface area (Å²) < 4.78 is 42.5. The summed E-state index contributed by atoms with van der Waals surface area (Å²) in [6, 6.07) is -0.0665. The molecule has 1 rings (SSSR count). The van der Waals surface area contributed by atoms with Gasteiger partial charge in [-0.15, -0.1) is 0 Å². The van der Waals surface area contributed by atoms with Gasteiger partial charge in [0.1, 0.15) is 6.54 Å². The van der Waals surface area contributed by atoms with Crippen molar-refractivity contribution in [2.45, 2.75) is 19.1 Å². The number of alkyl halides is 3. The molecule has 92 valence electrons. The Hall–Kier alpha value is -1.24. The van der Waals surface area contributed by atoms with Crippen LogP contribution in [0.5, 0.6) is 0 Å². The third-order valence-corrected chi connectivity index (χ3v) is 2.00. The highest BCUT2D eigenvalue weighted by Gasteiger charge is 2.27. The zero-order valence-electron chi connectivity index (χ0n) is 9.08. The van der Waals surface area contributed by atoms with Gasteiger partial charge in [-0.3, -0.25) is 0 Å². The first-order valence-corrected chi connectivity index (χ1v) is 4.76. The molecular weight excluding hydrogens is 223 g/mol. The van der Waals surface area contributed by atoms with Crippen LogP contribution in [0, 0.1) is 0 Å². The lowest BCUT2D eigenvalue weighted by atomic mass is 10.3. The SMILES string of the molecule is COCC(C)n1ccnc1NCC(F)(F)F. The molecule has 1 atom stereocenters. The number of halogens is 3. The summed E-state index contributed by atoms with van der Waals surface area (Å²) in [6.07, 6.45) is -1.19. The second-order valence-corrected chi connectivity index (χ2v) is 3.43. The van der Waals surface area contributed by atoms with E-state index in [9.17, 15) is 13.2 Å². The summed E-state index contributed by atoms with van der Waals surface area (Å²) >= 11 is 0. The zero-order valence-corrected chi connectivity index (χ0v) is 9.08. The summed E-state index contributed by atoms with van der Waals surface area (Å²) in [5.41, 5.74) is 0. The Morgan fingerprint density at radius 2 is 2.25 bits per heavy atom. The van der Waals surface area contributed by atoms with Crippen molar-refractivity contribution in [3.63, 3.8) is 0 Å². The van der Waals surface area contributed by atoms with Gasteiger partial charge in [0.15, 0.2) is 0 Å². The third kappa shape index (κ3) is 3.73. The van der Waals surface area contributed by atoms with Gasteiger partial charge in [0.25, 0.3) is 0 Å². The van der Waals surface area contributed by atoms with Crippen LogP contribution in [0.3, 0.4) is 0 Å². The number of rotatable bonds is 5. The molecule has 7 heteroatoms. The second kappa shape index (κ2) is 5.20. The van der Waals surface area contributed by atoms with Crippen LogP contribution < -0.4 is 5.32 Å². The quantitative estimate of drug-likeness (QED) is 0.852. The number of ether oxygens (including phenoxy) is 1. The summed E-state index contributed by atoms with van der Waals surface area (Å²) in [7, 11) is 1.54. The molecule has 0 bridgehead atoms. The van der Waals surface area contributed by atoms with E-state index in [1.54, 1.807) is 10.8 Å². The number of nitrogens with zero attached hydrogens (tertiary/aromatic N) is 2. The monoisotopic (exact) mass is 237 g/mol. The van der Waals surface area contributed by atoms with Gasteiger partial charge in [-0.25, -0.2) is 4.98 Å². The molecule has 1 heterocycles. The van der Waals surface area contributed by atoms with Crippen LogP contribution in [0.15, 0.2) is 12.4 Å². The standard InChI is InChI=1S/C9H14F3N3O/c1-7(5-16-2)15-4-3-13-8(15)14-6-9(10,11)12/h3-4,7H,5-6H2,1-2H3,(H,13,14). The molecule has 16 heavy (non-hydrogen) atoms. The van der Waals surface area contributed by atoms with E-state index < -0.39 is 12.7 Å². The molecule has 1 unspecified atom stereocenters. The predicted molar refractivity (Wildman–Crippen MR) is 53.4 cm³/mol. The molecule has 0 amide bonds. The number of imidazole rings is 1. The number of methoxy groups -OCH3 is 1. The average molecular weight is 237 g/mol. The molecule has 0 aliphatic carbocycles. The lowest BCUT2D eigenvalue weighted by Crippen LogP contribution is -2.24. The molecule has 1 N–H and O–H groups in total. The fraction of sp³-hybridized carbons (Fsp3) is 0.667. The largest absolute Gasteiger partial charge is 0.405 e. The molecule has 0 aliphatic heterocycles. The molecule has 0 fully saturated rings. The minimum Gasteiger partial charge on any atom is -0.383 e. The summed E-state index contributed by atoms with van der Waals surface area (Å²) in [6.45, 7) is 1.16.